The van der Waals surface area contributed by atoms with Gasteiger partial charge < -0.3 is 4.74 Å². The fourth-order valence-corrected chi connectivity index (χ4v) is 5.00. The normalized spacial score (nSPS) is 18.8. The van der Waals surface area contributed by atoms with E-state index >= 15 is 0 Å². The van der Waals surface area contributed by atoms with Gasteiger partial charge in [0.25, 0.3) is 15.9 Å². The molecule has 0 radical (unpaired) electrons. The van der Waals surface area contributed by atoms with E-state index in [0.29, 0.717) is 6.07 Å². The molecule has 0 unspecified atom stereocenters. The highest BCUT2D eigenvalue weighted by atomic mass is 32.2. The number of hydrogen-bond donors (Lipinski definition) is 1. The maximum atomic E-state index is 14.9. The number of alkyl halides is 3. The summed E-state index contributed by atoms with van der Waals surface area (Å²) in [5.41, 5.74) is 0.132. The highest BCUT2D eigenvalue weighted by molar-refractivity contribution is 7.92. The monoisotopic (exact) mass is 564 g/mol. The van der Waals surface area contributed by atoms with Crippen molar-refractivity contribution in [3.05, 3.63) is 77.6 Å². The van der Waals surface area contributed by atoms with Crippen LogP contribution < -0.4 is 9.46 Å². The SMILES string of the molecule is O=S(=O)(Nc1cccc(F)n1)c1cnc(O[C@H]2CCN(CC(F)(F)F)C[C@@H]2c2ccc(F)c(F)c2)c(F)c1. The van der Waals surface area contributed by atoms with Crippen molar-refractivity contribution >= 4 is 15.8 Å². The topological polar surface area (TPSA) is 84.4 Å². The predicted octanol–water partition coefficient (Wildman–Crippen LogP) is 4.63. The Labute approximate surface area is 212 Å². The van der Waals surface area contributed by atoms with E-state index in [9.17, 15) is 39.2 Å². The van der Waals surface area contributed by atoms with Crippen LogP contribution in [0.25, 0.3) is 0 Å². The van der Waals surface area contributed by atoms with Crippen LogP contribution in [-0.2, 0) is 10.0 Å². The van der Waals surface area contributed by atoms with E-state index in [-0.39, 0.29) is 30.9 Å². The number of benzene rings is 1. The van der Waals surface area contributed by atoms with Crippen LogP contribution in [0.3, 0.4) is 0 Å². The van der Waals surface area contributed by atoms with Gasteiger partial charge in [-0.05, 0) is 36.2 Å². The van der Waals surface area contributed by atoms with Gasteiger partial charge in [0.2, 0.25) is 5.95 Å². The molecule has 3 aromatic rings. The zero-order chi connectivity index (χ0) is 27.7. The minimum Gasteiger partial charge on any atom is -0.472 e. The molecule has 4 rings (SSSR count). The van der Waals surface area contributed by atoms with Gasteiger partial charge in [-0.25, -0.2) is 31.6 Å². The lowest BCUT2D eigenvalue weighted by atomic mass is 9.87. The summed E-state index contributed by atoms with van der Waals surface area (Å²) in [6, 6.07) is 6.82. The molecule has 2 aromatic heterocycles. The second kappa shape index (κ2) is 10.7. The third kappa shape index (κ3) is 6.69. The highest BCUT2D eigenvalue weighted by Gasteiger charge is 2.38. The van der Waals surface area contributed by atoms with Crippen molar-refractivity contribution in [2.24, 2.45) is 0 Å². The van der Waals surface area contributed by atoms with Crippen molar-refractivity contribution in [2.45, 2.75) is 29.5 Å². The number of halogens is 7. The smallest absolute Gasteiger partial charge is 0.401 e. The fraction of sp³-hybridized carbons (Fsp3) is 0.304. The van der Waals surface area contributed by atoms with Gasteiger partial charge in [-0.3, -0.25) is 9.62 Å². The molecule has 2 atom stereocenters. The number of nitrogens with one attached hydrogen (secondary N) is 1. The Kier molecular flexibility index (Phi) is 7.78. The third-order valence-electron chi connectivity index (χ3n) is 5.72. The van der Waals surface area contributed by atoms with E-state index < -0.39 is 68.9 Å². The van der Waals surface area contributed by atoms with Crippen LogP contribution in [0.15, 0.2) is 53.6 Å². The Balaban J connectivity index is 1.56. The number of ether oxygens (including phenoxy) is 1. The Hall–Kier alpha value is -3.46. The van der Waals surface area contributed by atoms with Crippen molar-refractivity contribution in [3.63, 3.8) is 0 Å². The maximum Gasteiger partial charge on any atom is 0.401 e. The Bertz CT molecular complexity index is 1420. The van der Waals surface area contributed by atoms with Gasteiger partial charge in [0, 0.05) is 25.1 Å². The second-order valence-electron chi connectivity index (χ2n) is 8.48. The van der Waals surface area contributed by atoms with Gasteiger partial charge in [0.15, 0.2) is 17.5 Å². The van der Waals surface area contributed by atoms with E-state index in [0.717, 1.165) is 29.3 Å². The lowest BCUT2D eigenvalue weighted by Crippen LogP contribution is -2.47. The molecular formula is C23H19F7N4O3S. The molecule has 0 aliphatic carbocycles. The average molecular weight is 564 g/mol. The summed E-state index contributed by atoms with van der Waals surface area (Å²) in [7, 11) is -4.42. The molecule has 7 nitrogen and oxygen atoms in total. The van der Waals surface area contributed by atoms with Crippen LogP contribution in [0.5, 0.6) is 5.88 Å². The molecule has 0 saturated carbocycles. The molecule has 1 aliphatic heterocycles. The molecular weight excluding hydrogens is 545 g/mol. The molecule has 0 amide bonds. The maximum absolute atomic E-state index is 14.9. The third-order valence-corrected chi connectivity index (χ3v) is 7.04. The van der Waals surface area contributed by atoms with E-state index in [1.807, 2.05) is 4.72 Å². The lowest BCUT2D eigenvalue weighted by molar-refractivity contribution is -0.150. The molecule has 1 aliphatic rings. The van der Waals surface area contributed by atoms with Crippen molar-refractivity contribution in [1.82, 2.24) is 14.9 Å². The molecule has 1 saturated heterocycles. The van der Waals surface area contributed by atoms with Crippen LogP contribution in [-0.4, -0.2) is 55.2 Å². The van der Waals surface area contributed by atoms with Gasteiger partial charge in [-0.2, -0.15) is 17.6 Å². The number of likely N-dealkylation sites (tertiary alicyclic amines) is 1. The fourth-order valence-electron chi connectivity index (χ4n) is 4.05. The Morgan fingerprint density at radius 3 is 2.45 bits per heavy atom. The van der Waals surface area contributed by atoms with Crippen molar-refractivity contribution in [2.75, 3.05) is 24.4 Å². The summed E-state index contributed by atoms with van der Waals surface area (Å²) in [5, 5.41) is 0. The molecule has 3 heterocycles. The number of nitrogens with zero attached hydrogens (tertiary/aromatic N) is 3. The quantitative estimate of drug-likeness (QED) is 0.333. The summed E-state index contributed by atoms with van der Waals surface area (Å²) < 4.78 is 127. The summed E-state index contributed by atoms with van der Waals surface area (Å²) in [5.74, 6) is -6.45. The van der Waals surface area contributed by atoms with Crippen LogP contribution >= 0.6 is 0 Å². The number of hydrogen-bond acceptors (Lipinski definition) is 6. The number of aromatic nitrogens is 2. The van der Waals surface area contributed by atoms with Crippen molar-refractivity contribution in [3.8, 4) is 5.88 Å². The molecule has 1 aromatic carbocycles. The minimum absolute atomic E-state index is 0.0479. The first kappa shape index (κ1) is 27.6. The van der Waals surface area contributed by atoms with Gasteiger partial charge in [-0.1, -0.05) is 12.1 Å². The lowest BCUT2D eigenvalue weighted by Gasteiger charge is -2.38. The molecule has 1 N–H and O–H groups in total. The minimum atomic E-state index is -4.50. The zero-order valence-corrected chi connectivity index (χ0v) is 20.0. The van der Waals surface area contributed by atoms with Crippen LogP contribution in [0.2, 0.25) is 0 Å². The summed E-state index contributed by atoms with van der Waals surface area (Å²) >= 11 is 0. The van der Waals surface area contributed by atoms with Gasteiger partial charge in [0.1, 0.15) is 16.8 Å². The molecule has 0 spiro atoms. The molecule has 38 heavy (non-hydrogen) atoms. The van der Waals surface area contributed by atoms with Gasteiger partial charge in [0.05, 0.1) is 12.7 Å². The molecule has 204 valence electrons. The molecule has 1 fully saturated rings. The summed E-state index contributed by atoms with van der Waals surface area (Å²) in [4.78, 5) is 7.49. The zero-order valence-electron chi connectivity index (χ0n) is 19.2. The first-order chi connectivity index (χ1) is 17.8. The van der Waals surface area contributed by atoms with Gasteiger partial charge in [-0.15, -0.1) is 0 Å². The van der Waals surface area contributed by atoms with E-state index in [1.54, 1.807) is 0 Å². The highest BCUT2D eigenvalue weighted by Crippen LogP contribution is 2.33. The first-order valence-corrected chi connectivity index (χ1v) is 12.5. The van der Waals surface area contributed by atoms with Crippen LogP contribution in [0, 0.1) is 23.4 Å². The van der Waals surface area contributed by atoms with E-state index in [2.05, 4.69) is 9.97 Å². The van der Waals surface area contributed by atoms with Gasteiger partial charge >= 0.3 is 6.18 Å². The molecule has 0 bridgehead atoms. The van der Waals surface area contributed by atoms with Crippen LogP contribution in [0.4, 0.5) is 36.6 Å². The largest absolute Gasteiger partial charge is 0.472 e. The van der Waals surface area contributed by atoms with E-state index in [1.165, 1.54) is 18.2 Å². The number of piperidine rings is 1. The Morgan fingerprint density at radius 1 is 1.03 bits per heavy atom. The first-order valence-electron chi connectivity index (χ1n) is 11.0. The summed E-state index contributed by atoms with van der Waals surface area (Å²) in [6.45, 7) is -1.59. The summed E-state index contributed by atoms with van der Waals surface area (Å²) in [6.07, 6.45) is -4.78. The number of anilines is 1. The number of rotatable bonds is 7. The Morgan fingerprint density at radius 2 is 1.79 bits per heavy atom. The van der Waals surface area contributed by atoms with Crippen molar-refractivity contribution in [1.29, 1.82) is 0 Å². The standard InChI is InChI=1S/C23H19F7N4O3S/c24-16-5-4-13(8-17(16)25)15-11-34(12-23(28,29)30)7-6-19(15)37-22-18(26)9-14(10-31-22)38(35,36)33-21-3-1-2-20(27)32-21/h1-5,8-10,15,19H,6-7,11-12H2,(H,32,33)/t15-,19+/m1/s1. The van der Waals surface area contributed by atoms with Crippen LogP contribution in [0.1, 0.15) is 17.9 Å². The second-order valence-corrected chi connectivity index (χ2v) is 10.2. The average Bonchev–Trinajstić information content (AvgIpc) is 2.81. The predicted molar refractivity (Wildman–Crippen MR) is 120 cm³/mol. The van der Waals surface area contributed by atoms with Crippen molar-refractivity contribution < 1.29 is 43.9 Å². The molecule has 15 heteroatoms. The van der Waals surface area contributed by atoms with E-state index in [4.69, 9.17) is 4.74 Å². The number of sulfonamides is 1. The number of pyridine rings is 2.